The maximum Gasteiger partial charge on any atom is 0.272 e. The monoisotopic (exact) mass is 326 g/mol. The lowest BCUT2D eigenvalue weighted by atomic mass is 10.1. The van der Waals surface area contributed by atoms with Crippen molar-refractivity contribution in [3.05, 3.63) is 52.8 Å². The molecule has 0 bridgehead atoms. The Bertz CT molecular complexity index is 760. The molecule has 1 heterocycles. The number of carbonyl (C=O) groups is 2. The quantitative estimate of drug-likeness (QED) is 0.912. The van der Waals surface area contributed by atoms with E-state index in [0.717, 1.165) is 24.1 Å². The first-order valence-electron chi connectivity index (χ1n) is 8.12. The van der Waals surface area contributed by atoms with E-state index in [1.165, 1.54) is 0 Å². The number of hydrogen-bond donors (Lipinski definition) is 1. The first-order chi connectivity index (χ1) is 11.5. The van der Waals surface area contributed by atoms with E-state index in [9.17, 15) is 9.59 Å². The molecule has 1 aliphatic carbocycles. The van der Waals surface area contributed by atoms with Crippen LogP contribution in [0, 0.1) is 6.92 Å². The van der Waals surface area contributed by atoms with Crippen molar-refractivity contribution in [3.63, 3.8) is 0 Å². The molecule has 1 aliphatic rings. The van der Waals surface area contributed by atoms with Gasteiger partial charge >= 0.3 is 0 Å². The van der Waals surface area contributed by atoms with Crippen LogP contribution < -0.4 is 5.32 Å². The molecule has 126 valence electrons. The van der Waals surface area contributed by atoms with Gasteiger partial charge in [-0.05, 0) is 43.5 Å². The molecule has 2 aromatic rings. The number of nitrogens with one attached hydrogen (secondary N) is 1. The summed E-state index contributed by atoms with van der Waals surface area (Å²) in [6, 6.07) is 9.51. The number of nitrogens with zero attached hydrogens (tertiary/aromatic N) is 3. The van der Waals surface area contributed by atoms with Crippen LogP contribution in [0.15, 0.2) is 30.3 Å². The Morgan fingerprint density at radius 1 is 1.29 bits per heavy atom. The Morgan fingerprint density at radius 3 is 2.46 bits per heavy atom. The topological polar surface area (TPSA) is 67.2 Å². The van der Waals surface area contributed by atoms with Gasteiger partial charge in [-0.15, -0.1) is 0 Å². The van der Waals surface area contributed by atoms with E-state index in [1.54, 1.807) is 30.9 Å². The Morgan fingerprint density at radius 2 is 1.96 bits per heavy atom. The van der Waals surface area contributed by atoms with E-state index in [2.05, 4.69) is 10.4 Å². The van der Waals surface area contributed by atoms with Gasteiger partial charge in [0.1, 0.15) is 5.69 Å². The molecule has 0 atom stereocenters. The van der Waals surface area contributed by atoms with Gasteiger partial charge in [-0.25, -0.2) is 0 Å². The SMILES string of the molecule is CNC(=O)c1ccc(CN(C(=O)c2cc(C)nn2C)C2CC2)cc1. The van der Waals surface area contributed by atoms with Gasteiger partial charge in [0, 0.05) is 32.2 Å². The minimum absolute atomic E-state index is 0.0102. The summed E-state index contributed by atoms with van der Waals surface area (Å²) in [6.45, 7) is 2.43. The average molecular weight is 326 g/mol. The van der Waals surface area contributed by atoms with Crippen LogP contribution >= 0.6 is 0 Å². The standard InChI is InChI=1S/C18H22N4O2/c1-12-10-16(21(3)20-12)18(24)22(15-8-9-15)11-13-4-6-14(7-5-13)17(23)19-2/h4-7,10,15H,8-9,11H2,1-3H3,(H,19,23). The molecule has 0 unspecified atom stereocenters. The van der Waals surface area contributed by atoms with Gasteiger partial charge in [0.25, 0.3) is 11.8 Å². The highest BCUT2D eigenvalue weighted by Gasteiger charge is 2.34. The zero-order valence-electron chi connectivity index (χ0n) is 14.2. The third kappa shape index (κ3) is 3.32. The molecule has 24 heavy (non-hydrogen) atoms. The van der Waals surface area contributed by atoms with Gasteiger partial charge in [0.2, 0.25) is 0 Å². The second-order valence-electron chi connectivity index (χ2n) is 6.23. The molecule has 1 fully saturated rings. The third-order valence-corrected chi connectivity index (χ3v) is 4.27. The van der Waals surface area contributed by atoms with E-state index in [0.29, 0.717) is 23.8 Å². The summed E-state index contributed by atoms with van der Waals surface area (Å²) < 4.78 is 1.64. The van der Waals surface area contributed by atoms with Gasteiger partial charge in [-0.2, -0.15) is 5.10 Å². The Labute approximate surface area is 141 Å². The van der Waals surface area contributed by atoms with E-state index in [1.807, 2.05) is 30.0 Å². The van der Waals surface area contributed by atoms with Crippen molar-refractivity contribution >= 4 is 11.8 Å². The van der Waals surface area contributed by atoms with Crippen molar-refractivity contribution in [3.8, 4) is 0 Å². The number of rotatable bonds is 5. The summed E-state index contributed by atoms with van der Waals surface area (Å²) in [5, 5.41) is 6.87. The predicted octanol–water partition coefficient (Wildman–Crippen LogP) is 1.89. The fourth-order valence-corrected chi connectivity index (χ4v) is 2.81. The van der Waals surface area contributed by atoms with Gasteiger partial charge in [-0.3, -0.25) is 14.3 Å². The predicted molar refractivity (Wildman–Crippen MR) is 90.7 cm³/mol. The number of amides is 2. The molecule has 6 heteroatoms. The average Bonchev–Trinajstić information content (AvgIpc) is 3.36. The van der Waals surface area contributed by atoms with Crippen molar-refractivity contribution in [2.24, 2.45) is 7.05 Å². The van der Waals surface area contributed by atoms with Crippen molar-refractivity contribution in [2.75, 3.05) is 7.05 Å². The second kappa shape index (κ2) is 6.47. The summed E-state index contributed by atoms with van der Waals surface area (Å²) in [6.07, 6.45) is 2.08. The van der Waals surface area contributed by atoms with Crippen LogP contribution in [0.4, 0.5) is 0 Å². The van der Waals surface area contributed by atoms with Crippen LogP contribution in [0.25, 0.3) is 0 Å². The van der Waals surface area contributed by atoms with E-state index >= 15 is 0 Å². The molecule has 1 N–H and O–H groups in total. The third-order valence-electron chi connectivity index (χ3n) is 4.27. The van der Waals surface area contributed by atoms with E-state index in [4.69, 9.17) is 0 Å². The van der Waals surface area contributed by atoms with Crippen LogP contribution in [0.5, 0.6) is 0 Å². The highest BCUT2D eigenvalue weighted by atomic mass is 16.2. The van der Waals surface area contributed by atoms with Crippen LogP contribution in [0.2, 0.25) is 0 Å². The lowest BCUT2D eigenvalue weighted by Gasteiger charge is -2.22. The minimum atomic E-state index is -0.109. The fraction of sp³-hybridized carbons (Fsp3) is 0.389. The lowest BCUT2D eigenvalue weighted by Crippen LogP contribution is -2.33. The summed E-state index contributed by atoms with van der Waals surface area (Å²) in [7, 11) is 3.41. The first-order valence-corrected chi connectivity index (χ1v) is 8.12. The maximum absolute atomic E-state index is 12.9. The molecule has 1 saturated carbocycles. The normalized spacial score (nSPS) is 13.6. The first kappa shape index (κ1) is 16.2. The minimum Gasteiger partial charge on any atom is -0.355 e. The van der Waals surface area contributed by atoms with Crippen molar-refractivity contribution < 1.29 is 9.59 Å². The number of carbonyl (C=O) groups excluding carboxylic acids is 2. The van der Waals surface area contributed by atoms with Crippen molar-refractivity contribution in [1.29, 1.82) is 0 Å². The zero-order valence-corrected chi connectivity index (χ0v) is 14.2. The van der Waals surface area contributed by atoms with Gasteiger partial charge in [0.05, 0.1) is 5.69 Å². The molecule has 1 aromatic carbocycles. The molecule has 3 rings (SSSR count). The van der Waals surface area contributed by atoms with Crippen LogP contribution in [0.3, 0.4) is 0 Å². The summed E-state index contributed by atoms with van der Waals surface area (Å²) >= 11 is 0. The maximum atomic E-state index is 12.9. The van der Waals surface area contributed by atoms with Crippen LogP contribution in [-0.4, -0.2) is 39.6 Å². The highest BCUT2D eigenvalue weighted by Crippen LogP contribution is 2.30. The van der Waals surface area contributed by atoms with Crippen molar-refractivity contribution in [1.82, 2.24) is 20.0 Å². The molecular weight excluding hydrogens is 304 g/mol. The molecule has 6 nitrogen and oxygen atoms in total. The summed E-state index contributed by atoms with van der Waals surface area (Å²) in [5.74, 6) is -0.0991. The second-order valence-corrected chi connectivity index (χ2v) is 6.23. The van der Waals surface area contributed by atoms with Crippen LogP contribution in [-0.2, 0) is 13.6 Å². The lowest BCUT2D eigenvalue weighted by molar-refractivity contribution is 0.0718. The van der Waals surface area contributed by atoms with Crippen molar-refractivity contribution in [2.45, 2.75) is 32.4 Å². The van der Waals surface area contributed by atoms with Gasteiger partial charge in [0.15, 0.2) is 0 Å². The van der Waals surface area contributed by atoms with Gasteiger partial charge < -0.3 is 10.2 Å². The molecule has 0 radical (unpaired) electrons. The molecule has 1 aromatic heterocycles. The molecule has 0 aliphatic heterocycles. The number of hydrogen-bond acceptors (Lipinski definition) is 3. The number of aromatic nitrogens is 2. The largest absolute Gasteiger partial charge is 0.355 e. The fourth-order valence-electron chi connectivity index (χ4n) is 2.81. The molecule has 2 amide bonds. The molecular formula is C18H22N4O2. The Kier molecular flexibility index (Phi) is 4.38. The van der Waals surface area contributed by atoms with E-state index in [-0.39, 0.29) is 11.8 Å². The Balaban J connectivity index is 1.78. The smallest absolute Gasteiger partial charge is 0.272 e. The number of benzene rings is 1. The summed E-state index contributed by atoms with van der Waals surface area (Å²) in [5.41, 5.74) is 3.09. The number of aryl methyl sites for hydroxylation is 2. The molecule has 0 spiro atoms. The molecule has 0 saturated heterocycles. The summed E-state index contributed by atoms with van der Waals surface area (Å²) in [4.78, 5) is 26.4. The highest BCUT2D eigenvalue weighted by molar-refractivity contribution is 5.94. The Hall–Kier alpha value is -2.63. The van der Waals surface area contributed by atoms with Crippen LogP contribution in [0.1, 0.15) is 44.9 Å². The zero-order chi connectivity index (χ0) is 17.3. The van der Waals surface area contributed by atoms with E-state index < -0.39 is 0 Å². The van der Waals surface area contributed by atoms with Gasteiger partial charge in [-0.1, -0.05) is 12.1 Å².